The summed E-state index contributed by atoms with van der Waals surface area (Å²) < 4.78 is 7.56. The van der Waals surface area contributed by atoms with Gasteiger partial charge in [-0.2, -0.15) is 0 Å². The number of hydrogen-bond donors (Lipinski definition) is 2. The van der Waals surface area contributed by atoms with Crippen molar-refractivity contribution in [3.63, 3.8) is 0 Å². The topological polar surface area (TPSA) is 123 Å². The molecule has 0 aliphatic heterocycles. The Balaban J connectivity index is 1.81. The quantitative estimate of drug-likeness (QED) is 0.770. The SMILES string of the molecule is Cc1nc(-c2nnn(C)c2CO)cnc1O[C@H]1CCC[C@@](C(=O)O)(C(C)C)C1. The molecular formula is C19H27N5O4. The van der Waals surface area contributed by atoms with Gasteiger partial charge in [-0.3, -0.25) is 4.79 Å². The molecule has 1 fully saturated rings. The highest BCUT2D eigenvalue weighted by atomic mass is 16.5. The van der Waals surface area contributed by atoms with Crippen LogP contribution in [0.4, 0.5) is 0 Å². The molecule has 1 saturated carbocycles. The Bertz CT molecular complexity index is 866. The van der Waals surface area contributed by atoms with Crippen molar-refractivity contribution >= 4 is 5.97 Å². The summed E-state index contributed by atoms with van der Waals surface area (Å²) >= 11 is 0. The van der Waals surface area contributed by atoms with Gasteiger partial charge in [0.1, 0.15) is 23.2 Å². The zero-order chi connectivity index (χ0) is 20.5. The van der Waals surface area contributed by atoms with Crippen LogP contribution in [0.5, 0.6) is 5.88 Å². The van der Waals surface area contributed by atoms with Crippen LogP contribution in [0, 0.1) is 18.3 Å². The van der Waals surface area contributed by atoms with Gasteiger partial charge in [0.15, 0.2) is 0 Å². The van der Waals surface area contributed by atoms with E-state index in [2.05, 4.69) is 20.3 Å². The predicted octanol–water partition coefficient (Wildman–Crippen LogP) is 2.12. The zero-order valence-corrected chi connectivity index (χ0v) is 16.7. The van der Waals surface area contributed by atoms with Crippen LogP contribution < -0.4 is 4.74 Å². The van der Waals surface area contributed by atoms with Crippen LogP contribution in [0.1, 0.15) is 50.9 Å². The second-order valence-corrected chi connectivity index (χ2v) is 7.76. The third-order valence-electron chi connectivity index (χ3n) is 5.79. The lowest BCUT2D eigenvalue weighted by molar-refractivity contribution is -0.157. The molecule has 0 radical (unpaired) electrons. The van der Waals surface area contributed by atoms with Gasteiger partial charge < -0.3 is 14.9 Å². The van der Waals surface area contributed by atoms with E-state index in [4.69, 9.17) is 4.74 Å². The van der Waals surface area contributed by atoms with E-state index in [9.17, 15) is 15.0 Å². The Labute approximate surface area is 163 Å². The first-order valence-electron chi connectivity index (χ1n) is 9.52. The van der Waals surface area contributed by atoms with Gasteiger partial charge in [-0.15, -0.1) is 5.10 Å². The van der Waals surface area contributed by atoms with E-state index >= 15 is 0 Å². The molecule has 2 N–H and O–H groups in total. The van der Waals surface area contributed by atoms with E-state index in [1.54, 1.807) is 20.2 Å². The average Bonchev–Trinajstić information content (AvgIpc) is 3.03. The van der Waals surface area contributed by atoms with Crippen molar-refractivity contribution in [2.24, 2.45) is 18.4 Å². The third-order valence-corrected chi connectivity index (χ3v) is 5.79. The second-order valence-electron chi connectivity index (χ2n) is 7.76. The number of rotatable bonds is 6. The highest BCUT2D eigenvalue weighted by molar-refractivity contribution is 5.75. The van der Waals surface area contributed by atoms with Crippen molar-refractivity contribution in [3.05, 3.63) is 17.6 Å². The number of carboxylic acids is 1. The first kappa shape index (κ1) is 20.2. The minimum Gasteiger partial charge on any atom is -0.481 e. The predicted molar refractivity (Wildman–Crippen MR) is 100 cm³/mol. The maximum absolute atomic E-state index is 11.9. The van der Waals surface area contributed by atoms with Crippen molar-refractivity contribution in [1.29, 1.82) is 0 Å². The van der Waals surface area contributed by atoms with Gasteiger partial charge in [-0.1, -0.05) is 19.1 Å². The molecule has 2 aromatic heterocycles. The Hall–Kier alpha value is -2.55. The lowest BCUT2D eigenvalue weighted by Gasteiger charge is -2.40. The van der Waals surface area contributed by atoms with Gasteiger partial charge in [0.2, 0.25) is 5.88 Å². The summed E-state index contributed by atoms with van der Waals surface area (Å²) in [6.07, 6.45) is 4.06. The standard InChI is InChI=1S/C19H27N5O4/c1-11(2)19(18(26)27)7-5-6-13(8-19)28-17-12(3)21-14(9-20-17)16-15(10-25)24(4)23-22-16/h9,11,13,25H,5-8,10H2,1-4H3,(H,26,27)/t13-,19-/m0/s1. The van der Waals surface area contributed by atoms with E-state index < -0.39 is 11.4 Å². The molecule has 0 amide bonds. The summed E-state index contributed by atoms with van der Waals surface area (Å²) in [5.41, 5.74) is 1.36. The molecule has 0 spiro atoms. The summed E-state index contributed by atoms with van der Waals surface area (Å²) in [5.74, 6) is -0.333. The number of aliphatic hydroxyl groups is 1. The Morgan fingerprint density at radius 1 is 1.46 bits per heavy atom. The number of ether oxygens (including phenoxy) is 1. The van der Waals surface area contributed by atoms with Crippen molar-refractivity contribution in [3.8, 4) is 17.3 Å². The van der Waals surface area contributed by atoms with Crippen LogP contribution in [0.2, 0.25) is 0 Å². The van der Waals surface area contributed by atoms with E-state index in [0.717, 1.165) is 12.8 Å². The highest BCUT2D eigenvalue weighted by Gasteiger charge is 2.46. The van der Waals surface area contributed by atoms with Crippen molar-refractivity contribution in [1.82, 2.24) is 25.0 Å². The average molecular weight is 389 g/mol. The fourth-order valence-corrected chi connectivity index (χ4v) is 3.93. The van der Waals surface area contributed by atoms with E-state index in [-0.39, 0.29) is 18.6 Å². The Morgan fingerprint density at radius 2 is 2.21 bits per heavy atom. The molecule has 0 aromatic carbocycles. The molecule has 3 rings (SSSR count). The van der Waals surface area contributed by atoms with Gasteiger partial charge in [0.05, 0.1) is 23.9 Å². The zero-order valence-electron chi connectivity index (χ0n) is 16.7. The van der Waals surface area contributed by atoms with Gasteiger partial charge in [-0.05, 0) is 32.1 Å². The molecule has 9 heteroatoms. The Morgan fingerprint density at radius 3 is 2.82 bits per heavy atom. The van der Waals surface area contributed by atoms with E-state index in [1.807, 2.05) is 13.8 Å². The molecule has 2 heterocycles. The fraction of sp³-hybridized carbons (Fsp3) is 0.632. The van der Waals surface area contributed by atoms with E-state index in [0.29, 0.717) is 41.5 Å². The second kappa shape index (κ2) is 7.83. The summed E-state index contributed by atoms with van der Waals surface area (Å²) in [6.45, 7) is 5.49. The lowest BCUT2D eigenvalue weighted by Crippen LogP contribution is -2.44. The molecule has 28 heavy (non-hydrogen) atoms. The van der Waals surface area contributed by atoms with Gasteiger partial charge >= 0.3 is 5.97 Å². The molecule has 2 aromatic rings. The number of hydrogen-bond acceptors (Lipinski definition) is 7. The minimum absolute atomic E-state index is 0.0273. The number of carbonyl (C=O) groups is 1. The molecule has 1 aliphatic rings. The summed E-state index contributed by atoms with van der Waals surface area (Å²) in [4.78, 5) is 20.8. The largest absolute Gasteiger partial charge is 0.481 e. The number of aryl methyl sites for hydroxylation is 2. The molecule has 9 nitrogen and oxygen atoms in total. The maximum Gasteiger partial charge on any atom is 0.310 e. The number of nitrogens with zero attached hydrogens (tertiary/aromatic N) is 5. The van der Waals surface area contributed by atoms with Crippen LogP contribution in [0.3, 0.4) is 0 Å². The molecule has 2 atom stereocenters. The first-order valence-corrected chi connectivity index (χ1v) is 9.52. The molecular weight excluding hydrogens is 362 g/mol. The monoisotopic (exact) mass is 389 g/mol. The minimum atomic E-state index is -0.764. The number of aliphatic carboxylic acids is 1. The van der Waals surface area contributed by atoms with Crippen LogP contribution in [0.25, 0.3) is 11.4 Å². The summed E-state index contributed by atoms with van der Waals surface area (Å²) in [5, 5.41) is 27.3. The number of aromatic nitrogens is 5. The van der Waals surface area contributed by atoms with Gasteiger partial charge in [0.25, 0.3) is 0 Å². The van der Waals surface area contributed by atoms with Crippen molar-refractivity contribution < 1.29 is 19.7 Å². The van der Waals surface area contributed by atoms with Gasteiger partial charge in [-0.25, -0.2) is 14.6 Å². The van der Waals surface area contributed by atoms with E-state index in [1.165, 1.54) is 4.68 Å². The molecule has 0 saturated heterocycles. The Kier molecular flexibility index (Phi) is 5.64. The molecule has 152 valence electrons. The molecule has 0 bridgehead atoms. The van der Waals surface area contributed by atoms with Crippen LogP contribution in [0.15, 0.2) is 6.20 Å². The van der Waals surface area contributed by atoms with Gasteiger partial charge in [0, 0.05) is 13.5 Å². The first-order chi connectivity index (χ1) is 13.3. The van der Waals surface area contributed by atoms with Crippen LogP contribution in [-0.2, 0) is 18.4 Å². The molecule has 0 unspecified atom stereocenters. The van der Waals surface area contributed by atoms with Crippen LogP contribution in [-0.4, -0.2) is 47.2 Å². The van der Waals surface area contributed by atoms with Crippen molar-refractivity contribution in [2.75, 3.05) is 0 Å². The fourth-order valence-electron chi connectivity index (χ4n) is 3.93. The number of aliphatic hydroxyl groups excluding tert-OH is 1. The summed E-state index contributed by atoms with van der Waals surface area (Å²) in [7, 11) is 1.70. The van der Waals surface area contributed by atoms with Crippen LogP contribution >= 0.6 is 0 Å². The third kappa shape index (κ3) is 3.58. The maximum atomic E-state index is 11.9. The lowest BCUT2D eigenvalue weighted by atomic mass is 9.66. The highest BCUT2D eigenvalue weighted by Crippen LogP contribution is 2.44. The smallest absolute Gasteiger partial charge is 0.310 e. The number of carboxylic acid groups (broad SMARTS) is 1. The van der Waals surface area contributed by atoms with Crippen molar-refractivity contribution in [2.45, 2.75) is 59.2 Å². The normalized spacial score (nSPS) is 22.4. The summed E-state index contributed by atoms with van der Waals surface area (Å²) in [6, 6.07) is 0. The molecule has 1 aliphatic carbocycles.